The molecule has 0 saturated carbocycles. The zero-order valence-electron chi connectivity index (χ0n) is 14.1. The van der Waals surface area contributed by atoms with E-state index in [0.717, 1.165) is 43.1 Å². The van der Waals surface area contributed by atoms with Gasteiger partial charge >= 0.3 is 0 Å². The van der Waals surface area contributed by atoms with Crippen LogP contribution in [0.15, 0.2) is 22.9 Å². The molecule has 1 amide bonds. The number of piperidine rings is 1. The number of hydrogen-bond donors (Lipinski definition) is 4. The summed E-state index contributed by atoms with van der Waals surface area (Å²) in [7, 11) is 1.77. The number of nitrogens with one attached hydrogen (secondary N) is 1. The second-order valence-electron chi connectivity index (χ2n) is 6.37. The van der Waals surface area contributed by atoms with Gasteiger partial charge in [-0.2, -0.15) is 0 Å². The van der Waals surface area contributed by atoms with E-state index in [1.54, 1.807) is 18.0 Å². The highest BCUT2D eigenvalue weighted by Gasteiger charge is 2.34. The minimum Gasteiger partial charge on any atom is -0.499 e. The van der Waals surface area contributed by atoms with E-state index in [0.29, 0.717) is 23.8 Å². The predicted molar refractivity (Wildman–Crippen MR) is 99.3 cm³/mol. The molecule has 3 rings (SSSR count). The van der Waals surface area contributed by atoms with Crippen LogP contribution in [-0.4, -0.2) is 58.0 Å². The van der Waals surface area contributed by atoms with Gasteiger partial charge in [0, 0.05) is 45.2 Å². The number of hydrogen-bond acceptors (Lipinski definition) is 8. The highest BCUT2D eigenvalue weighted by molar-refractivity contribution is 7.97. The largest absolute Gasteiger partial charge is 0.499 e. The third kappa shape index (κ3) is 4.22. The smallest absolute Gasteiger partial charge is 0.229 e. The molecule has 2 atom stereocenters. The van der Waals surface area contributed by atoms with Crippen molar-refractivity contribution in [2.75, 3.05) is 26.7 Å². The maximum atomic E-state index is 12.3. The zero-order chi connectivity index (χ0) is 18.0. The van der Waals surface area contributed by atoms with Crippen LogP contribution in [0.2, 0.25) is 0 Å². The molecule has 3 heterocycles. The molecule has 2 aliphatic rings. The molecule has 25 heavy (non-hydrogen) atoms. The van der Waals surface area contributed by atoms with Crippen LogP contribution in [0.3, 0.4) is 0 Å². The first kappa shape index (κ1) is 18.4. The molecule has 138 valence electrons. The first-order valence-corrected chi connectivity index (χ1v) is 9.95. The lowest BCUT2D eigenvalue weighted by atomic mass is 9.88. The average Bonchev–Trinajstić information content (AvgIpc) is 2.89. The van der Waals surface area contributed by atoms with Gasteiger partial charge in [0.1, 0.15) is 5.82 Å². The molecule has 1 aromatic heterocycles. The van der Waals surface area contributed by atoms with Crippen molar-refractivity contribution in [1.82, 2.24) is 14.5 Å². The standard InChI is InChI=1S/C16H24N4O3S2/c1-19-13(4-5-17)18-11(7-14(19)21)10-3-2-6-20(9-10)25-12-8-15(22)24-16(12)23/h4,8,10-11,18,22-23H,2-3,5-7,9,17H2,1H3/b13-4-. The second-order valence-corrected chi connectivity index (χ2v) is 8.52. The third-order valence-corrected chi connectivity index (χ3v) is 6.63. The summed E-state index contributed by atoms with van der Waals surface area (Å²) in [5, 5.41) is 23.1. The number of nitrogens with zero attached hydrogens (tertiary/aromatic N) is 2. The molecule has 1 aromatic rings. The van der Waals surface area contributed by atoms with E-state index in [4.69, 9.17) is 5.73 Å². The number of carbonyl (C=O) groups excluding carboxylic acids is 1. The number of carbonyl (C=O) groups is 1. The molecule has 2 saturated heterocycles. The van der Waals surface area contributed by atoms with E-state index in [1.165, 1.54) is 11.9 Å². The van der Waals surface area contributed by atoms with Gasteiger partial charge in [-0.05, 0) is 36.8 Å². The molecule has 0 radical (unpaired) electrons. The Labute approximate surface area is 155 Å². The Morgan fingerprint density at radius 1 is 1.52 bits per heavy atom. The number of amides is 1. The van der Waals surface area contributed by atoms with Crippen molar-refractivity contribution in [1.29, 1.82) is 0 Å². The molecule has 2 unspecified atom stereocenters. The van der Waals surface area contributed by atoms with Crippen molar-refractivity contribution < 1.29 is 15.0 Å². The first-order chi connectivity index (χ1) is 12.0. The molecule has 0 spiro atoms. The summed E-state index contributed by atoms with van der Waals surface area (Å²) in [6.07, 6.45) is 4.41. The Kier molecular flexibility index (Phi) is 5.78. The highest BCUT2D eigenvalue weighted by Crippen LogP contribution is 2.42. The van der Waals surface area contributed by atoms with Gasteiger partial charge in [0.25, 0.3) is 0 Å². The fourth-order valence-corrected chi connectivity index (χ4v) is 5.18. The van der Waals surface area contributed by atoms with Crippen LogP contribution in [0.1, 0.15) is 19.3 Å². The summed E-state index contributed by atoms with van der Waals surface area (Å²) in [6, 6.07) is 1.68. The normalized spacial score (nSPS) is 26.9. The van der Waals surface area contributed by atoms with Crippen LogP contribution in [0, 0.1) is 5.92 Å². The molecule has 0 bridgehead atoms. The van der Waals surface area contributed by atoms with E-state index < -0.39 is 0 Å². The lowest BCUT2D eigenvalue weighted by Crippen LogP contribution is -2.53. The first-order valence-electron chi connectivity index (χ1n) is 8.36. The van der Waals surface area contributed by atoms with Crippen LogP contribution >= 0.6 is 23.3 Å². The number of aromatic hydroxyl groups is 2. The molecule has 5 N–H and O–H groups in total. The van der Waals surface area contributed by atoms with Crippen molar-refractivity contribution in [3.05, 3.63) is 18.0 Å². The van der Waals surface area contributed by atoms with E-state index in [9.17, 15) is 15.0 Å². The topological polar surface area (TPSA) is 102 Å². The van der Waals surface area contributed by atoms with Gasteiger partial charge in [-0.25, -0.2) is 4.31 Å². The SMILES string of the molecule is CN1C(=O)CC(C2CCCN(Sc3cc(O)sc3O)C2)N/C1=C/CN. The Hall–Kier alpha value is -1.42. The summed E-state index contributed by atoms with van der Waals surface area (Å²) in [5.41, 5.74) is 5.61. The fraction of sp³-hybridized carbons (Fsp3) is 0.562. The minimum absolute atomic E-state index is 0.0920. The molecular formula is C16H24N4O3S2. The van der Waals surface area contributed by atoms with Crippen LogP contribution in [0.4, 0.5) is 0 Å². The highest BCUT2D eigenvalue weighted by atomic mass is 32.2. The van der Waals surface area contributed by atoms with Crippen LogP contribution in [-0.2, 0) is 4.79 Å². The number of rotatable bonds is 4. The summed E-state index contributed by atoms with van der Waals surface area (Å²) < 4.78 is 2.20. The van der Waals surface area contributed by atoms with Crippen LogP contribution in [0.5, 0.6) is 10.1 Å². The molecule has 2 aliphatic heterocycles. The van der Waals surface area contributed by atoms with Gasteiger partial charge in [0.05, 0.1) is 4.90 Å². The van der Waals surface area contributed by atoms with E-state index in [-0.39, 0.29) is 22.1 Å². The van der Waals surface area contributed by atoms with Gasteiger partial charge in [-0.15, -0.1) is 0 Å². The van der Waals surface area contributed by atoms with Gasteiger partial charge in [0.2, 0.25) is 5.91 Å². The fourth-order valence-electron chi connectivity index (χ4n) is 3.33. The third-order valence-electron chi connectivity index (χ3n) is 4.66. The molecule has 7 nitrogen and oxygen atoms in total. The molecule has 2 fully saturated rings. The van der Waals surface area contributed by atoms with E-state index >= 15 is 0 Å². The molecule has 0 aliphatic carbocycles. The van der Waals surface area contributed by atoms with Crippen LogP contribution < -0.4 is 11.1 Å². The Morgan fingerprint density at radius 3 is 3.00 bits per heavy atom. The van der Waals surface area contributed by atoms with Gasteiger partial charge < -0.3 is 26.2 Å². The molecule has 9 heteroatoms. The predicted octanol–water partition coefficient (Wildman–Crippen LogP) is 1.50. The summed E-state index contributed by atoms with van der Waals surface area (Å²) >= 11 is 2.44. The zero-order valence-corrected chi connectivity index (χ0v) is 15.8. The van der Waals surface area contributed by atoms with Crippen molar-refractivity contribution in [3.63, 3.8) is 0 Å². The van der Waals surface area contributed by atoms with Gasteiger partial charge in [-0.1, -0.05) is 11.3 Å². The lowest BCUT2D eigenvalue weighted by Gasteiger charge is -2.41. The van der Waals surface area contributed by atoms with Crippen molar-refractivity contribution in [2.24, 2.45) is 11.7 Å². The molecule has 0 aromatic carbocycles. The number of thiophene rings is 1. The Bertz CT molecular complexity index is 664. The monoisotopic (exact) mass is 384 g/mol. The van der Waals surface area contributed by atoms with E-state index in [2.05, 4.69) is 9.62 Å². The summed E-state index contributed by atoms with van der Waals surface area (Å²) in [4.78, 5) is 14.6. The number of nitrogens with two attached hydrogens (primary N) is 1. The van der Waals surface area contributed by atoms with Crippen molar-refractivity contribution >= 4 is 29.2 Å². The maximum Gasteiger partial charge on any atom is 0.229 e. The molecular weight excluding hydrogens is 360 g/mol. The van der Waals surface area contributed by atoms with Crippen LogP contribution in [0.25, 0.3) is 0 Å². The van der Waals surface area contributed by atoms with Gasteiger partial charge in [0.15, 0.2) is 10.1 Å². The quantitative estimate of drug-likeness (QED) is 0.584. The Balaban J connectivity index is 1.65. The average molecular weight is 385 g/mol. The minimum atomic E-state index is 0.0920. The lowest BCUT2D eigenvalue weighted by molar-refractivity contribution is -0.131. The Morgan fingerprint density at radius 2 is 2.32 bits per heavy atom. The second kappa shape index (κ2) is 7.86. The van der Waals surface area contributed by atoms with Crippen molar-refractivity contribution in [2.45, 2.75) is 30.2 Å². The maximum absolute atomic E-state index is 12.3. The van der Waals surface area contributed by atoms with Gasteiger partial charge in [-0.3, -0.25) is 4.79 Å². The summed E-state index contributed by atoms with van der Waals surface area (Å²) in [6.45, 7) is 2.13. The summed E-state index contributed by atoms with van der Waals surface area (Å²) in [5.74, 6) is 1.23. The van der Waals surface area contributed by atoms with E-state index in [1.807, 2.05) is 6.08 Å². The van der Waals surface area contributed by atoms with Crippen molar-refractivity contribution in [3.8, 4) is 10.1 Å².